The topological polar surface area (TPSA) is 56.8 Å². The van der Waals surface area contributed by atoms with Gasteiger partial charge in [-0.3, -0.25) is 4.79 Å². The molecule has 0 radical (unpaired) electrons. The normalized spacial score (nSPS) is 17.3. The molecule has 0 spiro atoms. The quantitative estimate of drug-likeness (QED) is 0.241. The van der Waals surface area contributed by atoms with Crippen LogP contribution >= 0.6 is 11.6 Å². The van der Waals surface area contributed by atoms with Crippen molar-refractivity contribution in [3.05, 3.63) is 83.0 Å². The highest BCUT2D eigenvalue weighted by Gasteiger charge is 2.29. The molecule has 38 heavy (non-hydrogen) atoms. The van der Waals surface area contributed by atoms with Crippen LogP contribution in [-0.4, -0.2) is 31.0 Å². The number of terminal acetylenes is 1. The Morgan fingerprint density at radius 3 is 2.16 bits per heavy atom. The molecule has 2 aromatic carbocycles. The van der Waals surface area contributed by atoms with Crippen molar-refractivity contribution in [3.8, 4) is 24.3 Å². The number of nitrogens with one attached hydrogen (secondary N) is 1. The first kappa shape index (κ1) is 32.7. The van der Waals surface area contributed by atoms with Crippen LogP contribution < -0.4 is 14.8 Å². The van der Waals surface area contributed by atoms with E-state index < -0.39 is 18.0 Å². The van der Waals surface area contributed by atoms with Gasteiger partial charge in [-0.05, 0) is 70.9 Å². The van der Waals surface area contributed by atoms with Gasteiger partial charge in [0, 0.05) is 30.7 Å². The number of benzene rings is 2. The molecule has 2 heterocycles. The summed E-state index contributed by atoms with van der Waals surface area (Å²) >= 11 is 5.38. The summed E-state index contributed by atoms with van der Waals surface area (Å²) in [7, 11) is 0. The summed E-state index contributed by atoms with van der Waals surface area (Å²) in [5, 5.41) is 2.68. The highest BCUT2D eigenvalue weighted by molar-refractivity contribution is 6.19. The standard InChI is InChI=1S/C19H17F2NO4.C5H9Cl.C4H8.C2H2/c20-12-5-3-11(4-6-12)19-25-16-8-14(15(21)9-17(16)26-19)18(23)22-10-13-2-1-7-24-13;1-3-5(2)4-6;1-3-4-2;1-2/h3-6,8-9,13,19H,1-2,7,10H2,(H,22,23);3H,4H2,1-2H3;3-4H,1-2H3;1-2H/b;5-3-;4-3-;. The molecule has 2 aromatic rings. The number of halogens is 3. The van der Waals surface area contributed by atoms with Crippen LogP contribution in [0, 0.1) is 24.5 Å². The lowest BCUT2D eigenvalue weighted by Crippen LogP contribution is -2.32. The summed E-state index contributed by atoms with van der Waals surface area (Å²) in [6, 6.07) is 8.07. The molecule has 2 aliphatic heterocycles. The summed E-state index contributed by atoms with van der Waals surface area (Å²) in [4.78, 5) is 12.3. The fourth-order valence-corrected chi connectivity index (χ4v) is 3.24. The maximum absolute atomic E-state index is 14.3. The first-order chi connectivity index (χ1) is 18.3. The van der Waals surface area contributed by atoms with Crippen molar-refractivity contribution >= 4 is 17.5 Å². The number of amides is 1. The molecule has 2 atom stereocenters. The smallest absolute Gasteiger partial charge is 0.267 e. The van der Waals surface area contributed by atoms with E-state index in [0.717, 1.165) is 18.9 Å². The number of alkyl halides is 1. The summed E-state index contributed by atoms with van der Waals surface area (Å²) in [5.74, 6) is -0.473. The Balaban J connectivity index is 0.000000511. The van der Waals surface area contributed by atoms with E-state index in [1.165, 1.54) is 35.9 Å². The molecule has 0 aromatic heterocycles. The molecule has 1 fully saturated rings. The molecule has 2 aliphatic rings. The Hall–Kier alpha value is -3.34. The first-order valence-electron chi connectivity index (χ1n) is 12.2. The van der Waals surface area contributed by atoms with Crippen LogP contribution in [0.15, 0.2) is 60.2 Å². The minimum Gasteiger partial charge on any atom is -0.447 e. The highest BCUT2D eigenvalue weighted by Crippen LogP contribution is 2.41. The molecule has 1 N–H and O–H groups in total. The lowest BCUT2D eigenvalue weighted by molar-refractivity contribution is 0.0485. The summed E-state index contributed by atoms with van der Waals surface area (Å²) in [6.45, 7) is 9.01. The van der Waals surface area contributed by atoms with Gasteiger partial charge in [0.15, 0.2) is 11.5 Å². The number of allylic oxidation sites excluding steroid dienone is 4. The number of fused-ring (bicyclic) bond motifs is 1. The van der Waals surface area contributed by atoms with Gasteiger partial charge in [0.2, 0.25) is 0 Å². The van der Waals surface area contributed by atoms with Gasteiger partial charge in [0.1, 0.15) is 11.6 Å². The second-order valence-electron chi connectivity index (χ2n) is 8.18. The third kappa shape index (κ3) is 10.6. The van der Waals surface area contributed by atoms with Gasteiger partial charge < -0.3 is 19.5 Å². The number of carbonyl (C=O) groups excluding carboxylic acids is 1. The third-order valence-electron chi connectivity index (χ3n) is 5.44. The highest BCUT2D eigenvalue weighted by atomic mass is 35.5. The van der Waals surface area contributed by atoms with Crippen LogP contribution in [0.5, 0.6) is 11.5 Å². The van der Waals surface area contributed by atoms with Crippen LogP contribution in [0.4, 0.5) is 8.78 Å². The zero-order valence-electron chi connectivity index (χ0n) is 22.3. The van der Waals surface area contributed by atoms with E-state index in [1.807, 2.05) is 45.9 Å². The first-order valence-corrected chi connectivity index (χ1v) is 12.8. The van der Waals surface area contributed by atoms with Crippen molar-refractivity contribution in [2.45, 2.75) is 52.9 Å². The van der Waals surface area contributed by atoms with Gasteiger partial charge in [-0.1, -0.05) is 23.8 Å². The van der Waals surface area contributed by atoms with Crippen molar-refractivity contribution in [1.82, 2.24) is 5.32 Å². The Morgan fingerprint density at radius 2 is 1.68 bits per heavy atom. The minimum atomic E-state index is -0.810. The zero-order valence-corrected chi connectivity index (χ0v) is 23.1. The molecule has 206 valence electrons. The van der Waals surface area contributed by atoms with Gasteiger partial charge in [-0.2, -0.15) is 0 Å². The van der Waals surface area contributed by atoms with Crippen LogP contribution in [0.1, 0.15) is 62.7 Å². The fourth-order valence-electron chi connectivity index (χ4n) is 3.09. The van der Waals surface area contributed by atoms with Crippen molar-refractivity contribution in [2.75, 3.05) is 19.0 Å². The molecule has 4 rings (SSSR count). The Kier molecular flexibility index (Phi) is 15.5. The SMILES string of the molecule is C#C.C/C=C(/C)CCl.C/C=C\C.O=C(NCC1CCCO1)c1cc2c(cc1F)OC(c1ccc(F)cc1)O2. The molecule has 0 saturated carbocycles. The number of carbonyl (C=O) groups is 1. The minimum absolute atomic E-state index is 0.0288. The van der Waals surface area contributed by atoms with Gasteiger partial charge in [-0.15, -0.1) is 24.4 Å². The van der Waals surface area contributed by atoms with Crippen LogP contribution in [0.25, 0.3) is 0 Å². The number of hydrogen-bond donors (Lipinski definition) is 1. The van der Waals surface area contributed by atoms with Crippen LogP contribution in [0.3, 0.4) is 0 Å². The second-order valence-corrected chi connectivity index (χ2v) is 8.45. The third-order valence-corrected chi connectivity index (χ3v) is 5.86. The molecular weight excluding hydrogens is 512 g/mol. The van der Waals surface area contributed by atoms with E-state index in [-0.39, 0.29) is 29.0 Å². The van der Waals surface area contributed by atoms with Crippen molar-refractivity contribution in [2.24, 2.45) is 0 Å². The maximum Gasteiger partial charge on any atom is 0.267 e. The number of hydrogen-bond acceptors (Lipinski definition) is 4. The monoisotopic (exact) mass is 547 g/mol. The number of rotatable bonds is 5. The molecule has 1 amide bonds. The molecule has 8 heteroatoms. The molecule has 5 nitrogen and oxygen atoms in total. The maximum atomic E-state index is 14.3. The van der Waals surface area contributed by atoms with E-state index in [1.54, 1.807) is 0 Å². The molecule has 0 bridgehead atoms. The molecular formula is C30H36ClF2NO4. The average Bonchev–Trinajstić information content (AvgIpc) is 3.62. The van der Waals surface area contributed by atoms with E-state index in [4.69, 9.17) is 25.8 Å². The fraction of sp³-hybridized carbons (Fsp3) is 0.367. The van der Waals surface area contributed by atoms with Crippen LogP contribution in [-0.2, 0) is 4.74 Å². The lowest BCUT2D eigenvalue weighted by atomic mass is 10.1. The average molecular weight is 548 g/mol. The predicted molar refractivity (Wildman–Crippen MR) is 149 cm³/mol. The summed E-state index contributed by atoms with van der Waals surface area (Å²) < 4.78 is 44.0. The van der Waals surface area contributed by atoms with Crippen LogP contribution in [0.2, 0.25) is 0 Å². The predicted octanol–water partition coefficient (Wildman–Crippen LogP) is 7.37. The molecule has 0 aliphatic carbocycles. The summed E-state index contributed by atoms with van der Waals surface area (Å²) in [6.07, 6.45) is 15.0. The Labute approximate surface area is 229 Å². The molecule has 2 unspecified atom stereocenters. The van der Waals surface area contributed by atoms with Gasteiger partial charge in [0.25, 0.3) is 12.2 Å². The van der Waals surface area contributed by atoms with Crippen molar-refractivity contribution in [1.29, 1.82) is 0 Å². The van der Waals surface area contributed by atoms with Gasteiger partial charge in [-0.25, -0.2) is 8.78 Å². The Bertz CT molecular complexity index is 1070. The van der Waals surface area contributed by atoms with Crippen molar-refractivity contribution < 1.29 is 27.8 Å². The molecule has 1 saturated heterocycles. The van der Waals surface area contributed by atoms with E-state index >= 15 is 0 Å². The van der Waals surface area contributed by atoms with E-state index in [9.17, 15) is 13.6 Å². The van der Waals surface area contributed by atoms with E-state index in [0.29, 0.717) is 24.6 Å². The Morgan fingerprint density at radius 1 is 1.08 bits per heavy atom. The summed E-state index contributed by atoms with van der Waals surface area (Å²) in [5.41, 5.74) is 1.70. The van der Waals surface area contributed by atoms with Gasteiger partial charge >= 0.3 is 0 Å². The van der Waals surface area contributed by atoms with Gasteiger partial charge in [0.05, 0.1) is 11.7 Å². The van der Waals surface area contributed by atoms with Crippen molar-refractivity contribution in [3.63, 3.8) is 0 Å². The largest absolute Gasteiger partial charge is 0.447 e. The lowest BCUT2D eigenvalue weighted by Gasteiger charge is -2.11. The second kappa shape index (κ2) is 18.0. The zero-order chi connectivity index (χ0) is 28.5. The number of ether oxygens (including phenoxy) is 3. The van der Waals surface area contributed by atoms with E-state index in [2.05, 4.69) is 18.2 Å².